The molecule has 3 rings (SSSR count). The van der Waals surface area contributed by atoms with E-state index in [-0.39, 0.29) is 35.9 Å². The molecule has 0 aliphatic carbocycles. The fourth-order valence-corrected chi connectivity index (χ4v) is 3.99. The highest BCUT2D eigenvalue weighted by molar-refractivity contribution is 6.01. The topological polar surface area (TPSA) is 140 Å². The van der Waals surface area contributed by atoms with Gasteiger partial charge in [0.05, 0.1) is 11.6 Å². The van der Waals surface area contributed by atoms with Gasteiger partial charge < -0.3 is 26.0 Å². The molecule has 0 bridgehead atoms. The number of carbonyl (C=O) groups is 4. The zero-order chi connectivity index (χ0) is 24.1. The second kappa shape index (κ2) is 10.6. The van der Waals surface area contributed by atoms with Crippen molar-refractivity contribution < 1.29 is 28.7 Å². The predicted molar refractivity (Wildman–Crippen MR) is 119 cm³/mol. The number of nitrogens with one attached hydrogen (secondary N) is 4. The van der Waals surface area contributed by atoms with Gasteiger partial charge in [0.25, 0.3) is 5.91 Å². The van der Waals surface area contributed by atoms with Gasteiger partial charge in [-0.1, -0.05) is 26.0 Å². The molecule has 5 N–H and O–H groups in total. The molecule has 10 heteroatoms. The molecule has 3 atom stereocenters. The predicted octanol–water partition coefficient (Wildman–Crippen LogP) is 1.02. The third-order valence-electron chi connectivity index (χ3n) is 5.72. The van der Waals surface area contributed by atoms with Crippen LogP contribution < -0.4 is 16.0 Å². The molecule has 2 aromatic rings. The van der Waals surface area contributed by atoms with E-state index in [0.717, 1.165) is 0 Å². The fourth-order valence-electron chi connectivity index (χ4n) is 3.99. The first kappa shape index (κ1) is 24.4. The molecule has 9 nitrogen and oxygen atoms in total. The normalized spacial score (nSPS) is 17.6. The second-order valence-electron chi connectivity index (χ2n) is 8.74. The Morgan fingerprint density at radius 3 is 2.58 bits per heavy atom. The highest BCUT2D eigenvalue weighted by Gasteiger charge is 2.33. The lowest BCUT2D eigenvalue weighted by molar-refractivity contribution is -0.131. The molecule has 2 heterocycles. The summed E-state index contributed by atoms with van der Waals surface area (Å²) < 4.78 is 14.0. The lowest BCUT2D eigenvalue weighted by Gasteiger charge is -2.24. The Morgan fingerprint density at radius 2 is 1.97 bits per heavy atom. The summed E-state index contributed by atoms with van der Waals surface area (Å²) in [4.78, 5) is 52.7. The quantitative estimate of drug-likeness (QED) is 0.360. The third-order valence-corrected chi connectivity index (χ3v) is 5.72. The Balaban J connectivity index is 1.74. The number of H-pyrrole nitrogens is 1. The zero-order valence-electron chi connectivity index (χ0n) is 18.6. The van der Waals surface area contributed by atoms with E-state index in [9.17, 15) is 28.7 Å². The maximum atomic E-state index is 14.0. The Kier molecular flexibility index (Phi) is 7.80. The first-order valence-electron chi connectivity index (χ1n) is 11.0. The summed E-state index contributed by atoms with van der Waals surface area (Å²) in [5.41, 5.74) is 0.290. The summed E-state index contributed by atoms with van der Waals surface area (Å²) in [6.07, 6.45) is 0.893. The van der Waals surface area contributed by atoms with Crippen LogP contribution in [0, 0.1) is 17.7 Å². The summed E-state index contributed by atoms with van der Waals surface area (Å²) in [6, 6.07) is 3.94. The van der Waals surface area contributed by atoms with Gasteiger partial charge in [0.2, 0.25) is 11.8 Å². The fraction of sp³-hybridized carbons (Fsp3) is 0.478. The van der Waals surface area contributed by atoms with Gasteiger partial charge >= 0.3 is 0 Å². The van der Waals surface area contributed by atoms with E-state index in [0.29, 0.717) is 18.4 Å². The monoisotopic (exact) mass is 460 g/mol. The van der Waals surface area contributed by atoms with Gasteiger partial charge in [-0.05, 0) is 37.3 Å². The van der Waals surface area contributed by atoms with Crippen LogP contribution in [0.2, 0.25) is 0 Å². The van der Waals surface area contributed by atoms with Crippen molar-refractivity contribution >= 4 is 34.4 Å². The van der Waals surface area contributed by atoms with Crippen molar-refractivity contribution in [3.8, 4) is 0 Å². The molecule has 3 amide bonds. The van der Waals surface area contributed by atoms with Crippen LogP contribution in [0.15, 0.2) is 24.3 Å². The van der Waals surface area contributed by atoms with Gasteiger partial charge in [0.1, 0.15) is 24.2 Å². The van der Waals surface area contributed by atoms with Gasteiger partial charge in [-0.15, -0.1) is 0 Å². The van der Waals surface area contributed by atoms with Gasteiger partial charge in [-0.25, -0.2) is 4.39 Å². The maximum Gasteiger partial charge on any atom is 0.268 e. The molecular formula is C23H29FN4O5. The standard InChI is InChI=1S/C23H29FN4O5/c1-12(2)8-17(28-23(33)18-9-13-4-3-5-15(24)20(13)26-18)22(32)27-16(19(30)11-29)10-14-6-7-25-21(14)31/h3-5,9,12,14,16-17,26,29H,6-8,10-11H2,1-2H3,(H,25,31)(H,27,32)(H,28,33)/t14-,16-,17-/m0/s1. The summed E-state index contributed by atoms with van der Waals surface area (Å²) >= 11 is 0. The minimum atomic E-state index is -1.05. The number of benzene rings is 1. The summed E-state index contributed by atoms with van der Waals surface area (Å²) in [7, 11) is 0. The average Bonchev–Trinajstić information content (AvgIpc) is 3.39. The molecule has 1 saturated heterocycles. The Labute approximate surface area is 190 Å². The van der Waals surface area contributed by atoms with Crippen LogP contribution in [-0.2, 0) is 14.4 Å². The van der Waals surface area contributed by atoms with E-state index < -0.39 is 48.0 Å². The molecule has 178 valence electrons. The number of para-hydroxylation sites is 1. The van der Waals surface area contributed by atoms with Crippen molar-refractivity contribution in [3.63, 3.8) is 0 Å². The maximum absolute atomic E-state index is 14.0. The highest BCUT2D eigenvalue weighted by atomic mass is 19.1. The van der Waals surface area contributed by atoms with Crippen molar-refractivity contribution in [1.82, 2.24) is 20.9 Å². The first-order valence-corrected chi connectivity index (χ1v) is 11.0. The van der Waals surface area contributed by atoms with Crippen LogP contribution in [0.1, 0.15) is 43.6 Å². The lowest BCUT2D eigenvalue weighted by atomic mass is 9.95. The molecule has 1 fully saturated rings. The summed E-state index contributed by atoms with van der Waals surface area (Å²) in [5, 5.41) is 17.8. The number of fused-ring (bicyclic) bond motifs is 1. The second-order valence-corrected chi connectivity index (χ2v) is 8.74. The number of hydrogen-bond acceptors (Lipinski definition) is 5. The summed E-state index contributed by atoms with van der Waals surface area (Å²) in [6.45, 7) is 3.48. The van der Waals surface area contributed by atoms with E-state index in [4.69, 9.17) is 0 Å². The van der Waals surface area contributed by atoms with Crippen molar-refractivity contribution in [2.24, 2.45) is 11.8 Å². The van der Waals surface area contributed by atoms with E-state index in [1.54, 1.807) is 6.07 Å². The van der Waals surface area contributed by atoms with Crippen LogP contribution in [-0.4, -0.2) is 58.8 Å². The number of aromatic nitrogens is 1. The largest absolute Gasteiger partial charge is 0.389 e. The summed E-state index contributed by atoms with van der Waals surface area (Å²) in [5.74, 6) is -2.89. The number of halogens is 1. The van der Waals surface area contributed by atoms with Crippen LogP contribution in [0.25, 0.3) is 10.9 Å². The van der Waals surface area contributed by atoms with Crippen LogP contribution >= 0.6 is 0 Å². The minimum Gasteiger partial charge on any atom is -0.389 e. The van der Waals surface area contributed by atoms with Gasteiger partial charge in [0, 0.05) is 17.8 Å². The Morgan fingerprint density at radius 1 is 1.21 bits per heavy atom. The molecule has 33 heavy (non-hydrogen) atoms. The van der Waals surface area contributed by atoms with E-state index in [1.807, 2.05) is 13.8 Å². The molecule has 0 spiro atoms. The lowest BCUT2D eigenvalue weighted by Crippen LogP contribution is -2.53. The molecule has 1 aromatic heterocycles. The molecule has 1 aliphatic heterocycles. The van der Waals surface area contributed by atoms with Gasteiger partial charge in [-0.2, -0.15) is 0 Å². The number of ketones is 1. The average molecular weight is 461 g/mol. The minimum absolute atomic E-state index is 0.0359. The van der Waals surface area contributed by atoms with Crippen molar-refractivity contribution in [2.75, 3.05) is 13.2 Å². The van der Waals surface area contributed by atoms with E-state index in [1.165, 1.54) is 18.2 Å². The molecule has 0 saturated carbocycles. The first-order chi connectivity index (χ1) is 15.7. The molecule has 1 aromatic carbocycles. The number of aromatic amines is 1. The number of aliphatic hydroxyl groups excluding tert-OH is 1. The zero-order valence-corrected chi connectivity index (χ0v) is 18.6. The van der Waals surface area contributed by atoms with Crippen molar-refractivity contribution in [1.29, 1.82) is 0 Å². The van der Waals surface area contributed by atoms with Crippen LogP contribution in [0.5, 0.6) is 0 Å². The van der Waals surface area contributed by atoms with Crippen molar-refractivity contribution in [3.05, 3.63) is 35.8 Å². The Hall–Kier alpha value is -3.27. The number of hydrogen-bond donors (Lipinski definition) is 5. The number of amides is 3. The number of carbonyl (C=O) groups excluding carboxylic acids is 4. The SMILES string of the molecule is CC(C)C[C@H](NC(=O)c1cc2cccc(F)c2[nH]1)C(=O)N[C@@H](C[C@@H]1CCNC1=O)C(=O)CO. The van der Waals surface area contributed by atoms with E-state index in [2.05, 4.69) is 20.9 Å². The smallest absolute Gasteiger partial charge is 0.268 e. The molecule has 0 unspecified atom stereocenters. The highest BCUT2D eigenvalue weighted by Crippen LogP contribution is 2.19. The van der Waals surface area contributed by atoms with E-state index >= 15 is 0 Å². The Bertz CT molecular complexity index is 1050. The van der Waals surface area contributed by atoms with Crippen LogP contribution in [0.4, 0.5) is 4.39 Å². The van der Waals surface area contributed by atoms with Gasteiger partial charge in [-0.3, -0.25) is 19.2 Å². The molecule has 0 radical (unpaired) electrons. The third kappa shape index (κ3) is 5.95. The van der Waals surface area contributed by atoms with Crippen molar-refractivity contribution in [2.45, 2.75) is 45.2 Å². The van der Waals surface area contributed by atoms with Gasteiger partial charge in [0.15, 0.2) is 5.78 Å². The number of aliphatic hydroxyl groups is 1. The molecule has 1 aliphatic rings. The number of Topliss-reactive ketones (excluding diaryl/α,β-unsaturated/α-hetero) is 1. The molecular weight excluding hydrogens is 431 g/mol. The van der Waals surface area contributed by atoms with Crippen LogP contribution in [0.3, 0.4) is 0 Å². The number of rotatable bonds is 10.